The highest BCUT2D eigenvalue weighted by Crippen LogP contribution is 2.35. The third kappa shape index (κ3) is 1.47. The zero-order valence-corrected chi connectivity index (χ0v) is 6.02. The summed E-state index contributed by atoms with van der Waals surface area (Å²) < 4.78 is 12.2. The number of nitriles is 1. The third-order valence-electron chi connectivity index (χ3n) is 2.37. The average molecular weight is 141 g/mol. The Morgan fingerprint density at radius 3 is 2.60 bits per heavy atom. The molecule has 0 saturated heterocycles. The van der Waals surface area contributed by atoms with E-state index in [4.69, 9.17) is 5.26 Å². The molecule has 1 nitrogen and oxygen atoms in total. The number of rotatable bonds is 3. The molecule has 0 aromatic heterocycles. The summed E-state index contributed by atoms with van der Waals surface area (Å²) in [5.41, 5.74) is 0. The summed E-state index contributed by atoms with van der Waals surface area (Å²) in [5.74, 6) is 0.559. The van der Waals surface area contributed by atoms with Gasteiger partial charge >= 0.3 is 0 Å². The monoisotopic (exact) mass is 141 g/mol. The van der Waals surface area contributed by atoms with Crippen molar-refractivity contribution < 1.29 is 4.39 Å². The minimum Gasteiger partial charge on any atom is -0.251 e. The Balaban J connectivity index is 2.26. The molecule has 1 unspecified atom stereocenters. The first-order chi connectivity index (χ1) is 4.88. The summed E-state index contributed by atoms with van der Waals surface area (Å²) in [6.07, 6.45) is 3.90. The fourth-order valence-corrected chi connectivity index (χ4v) is 1.38. The number of hydrogen-bond acceptors (Lipinski definition) is 1. The number of alkyl halides is 1. The highest BCUT2D eigenvalue weighted by Gasteiger charge is 2.26. The number of halogens is 1. The molecule has 2 heteroatoms. The fourth-order valence-electron chi connectivity index (χ4n) is 1.38. The molecule has 0 heterocycles. The molecule has 0 aromatic rings. The second-order valence-corrected chi connectivity index (χ2v) is 2.97. The average Bonchev–Trinajstić information content (AvgIpc) is 1.83. The predicted octanol–water partition coefficient (Wildman–Crippen LogP) is 2.29. The van der Waals surface area contributed by atoms with E-state index in [0.29, 0.717) is 12.3 Å². The van der Waals surface area contributed by atoms with Crippen molar-refractivity contribution in [1.29, 1.82) is 5.26 Å². The molecule has 0 N–H and O–H groups in total. The lowest BCUT2D eigenvalue weighted by atomic mass is 9.75. The van der Waals surface area contributed by atoms with Crippen LogP contribution in [0.1, 0.15) is 25.7 Å². The van der Waals surface area contributed by atoms with Gasteiger partial charge in [0.1, 0.15) is 0 Å². The molecule has 0 aliphatic heterocycles. The van der Waals surface area contributed by atoms with E-state index in [1.54, 1.807) is 0 Å². The van der Waals surface area contributed by atoms with Crippen LogP contribution in [0.25, 0.3) is 0 Å². The van der Waals surface area contributed by atoms with Crippen molar-refractivity contribution >= 4 is 0 Å². The molecule has 0 radical (unpaired) electrons. The van der Waals surface area contributed by atoms with E-state index in [2.05, 4.69) is 0 Å². The first-order valence-corrected chi connectivity index (χ1v) is 3.81. The maximum atomic E-state index is 12.2. The molecule has 0 bridgehead atoms. The predicted molar refractivity (Wildman–Crippen MR) is 37.0 cm³/mol. The van der Waals surface area contributed by atoms with Crippen LogP contribution < -0.4 is 0 Å². The van der Waals surface area contributed by atoms with Gasteiger partial charge in [-0.05, 0) is 5.92 Å². The number of nitrogens with zero attached hydrogens (tertiary/aromatic N) is 1. The maximum Gasteiger partial charge on any atom is 0.0935 e. The van der Waals surface area contributed by atoms with Crippen LogP contribution >= 0.6 is 0 Å². The van der Waals surface area contributed by atoms with Crippen molar-refractivity contribution in [2.24, 2.45) is 11.8 Å². The van der Waals surface area contributed by atoms with E-state index in [1.165, 1.54) is 6.42 Å². The highest BCUT2D eigenvalue weighted by atomic mass is 19.1. The summed E-state index contributed by atoms with van der Waals surface area (Å²) in [6, 6.07) is 2.03. The molecule has 10 heavy (non-hydrogen) atoms. The van der Waals surface area contributed by atoms with Gasteiger partial charge in [-0.2, -0.15) is 5.26 Å². The fraction of sp³-hybridized carbons (Fsp3) is 0.875. The lowest BCUT2D eigenvalue weighted by Gasteiger charge is -2.30. The third-order valence-corrected chi connectivity index (χ3v) is 2.37. The molecule has 1 aliphatic carbocycles. The van der Waals surface area contributed by atoms with E-state index in [1.807, 2.05) is 6.07 Å². The van der Waals surface area contributed by atoms with E-state index < -0.39 is 0 Å². The topological polar surface area (TPSA) is 23.8 Å². The Bertz CT molecular complexity index is 135. The van der Waals surface area contributed by atoms with Gasteiger partial charge in [-0.15, -0.1) is 0 Å². The first kappa shape index (κ1) is 7.53. The number of hydrogen-bond donors (Lipinski definition) is 0. The largest absolute Gasteiger partial charge is 0.251 e. The molecular weight excluding hydrogens is 129 g/mol. The van der Waals surface area contributed by atoms with Gasteiger partial charge < -0.3 is 0 Å². The van der Waals surface area contributed by atoms with E-state index in [-0.39, 0.29) is 12.6 Å². The van der Waals surface area contributed by atoms with Gasteiger partial charge in [-0.3, -0.25) is 4.39 Å². The van der Waals surface area contributed by atoms with E-state index >= 15 is 0 Å². The second kappa shape index (κ2) is 3.55. The van der Waals surface area contributed by atoms with E-state index in [0.717, 1.165) is 12.8 Å². The summed E-state index contributed by atoms with van der Waals surface area (Å²) in [7, 11) is 0. The van der Waals surface area contributed by atoms with Gasteiger partial charge in [0.05, 0.1) is 12.7 Å². The molecule has 1 fully saturated rings. The van der Waals surface area contributed by atoms with Crippen LogP contribution in [0.15, 0.2) is 0 Å². The molecule has 1 rings (SSSR count). The van der Waals surface area contributed by atoms with Crippen molar-refractivity contribution in [3.8, 4) is 6.07 Å². The normalized spacial score (nSPS) is 21.2. The first-order valence-electron chi connectivity index (χ1n) is 3.81. The van der Waals surface area contributed by atoms with Crippen molar-refractivity contribution in [2.45, 2.75) is 25.7 Å². The summed E-state index contributed by atoms with van der Waals surface area (Å²) >= 11 is 0. The van der Waals surface area contributed by atoms with Gasteiger partial charge in [0, 0.05) is 12.3 Å². The minimum atomic E-state index is -0.307. The Labute approximate surface area is 60.8 Å². The minimum absolute atomic E-state index is 0.0405. The molecule has 1 aliphatic rings. The molecule has 1 saturated carbocycles. The van der Waals surface area contributed by atoms with Crippen LogP contribution in [0.2, 0.25) is 0 Å². The molecule has 0 spiro atoms. The van der Waals surface area contributed by atoms with Gasteiger partial charge in [-0.25, -0.2) is 0 Å². The van der Waals surface area contributed by atoms with Crippen molar-refractivity contribution in [3.05, 3.63) is 0 Å². The Kier molecular flexibility index (Phi) is 2.68. The van der Waals surface area contributed by atoms with Crippen molar-refractivity contribution in [1.82, 2.24) is 0 Å². The Morgan fingerprint density at radius 1 is 1.60 bits per heavy atom. The zero-order chi connectivity index (χ0) is 7.40. The van der Waals surface area contributed by atoms with Crippen molar-refractivity contribution in [2.75, 3.05) is 6.67 Å². The highest BCUT2D eigenvalue weighted by molar-refractivity contribution is 4.84. The summed E-state index contributed by atoms with van der Waals surface area (Å²) in [4.78, 5) is 0. The van der Waals surface area contributed by atoms with Gasteiger partial charge in [0.15, 0.2) is 0 Å². The van der Waals surface area contributed by atoms with Crippen LogP contribution in [-0.2, 0) is 0 Å². The van der Waals surface area contributed by atoms with Crippen LogP contribution in [0.4, 0.5) is 4.39 Å². The van der Waals surface area contributed by atoms with Crippen molar-refractivity contribution in [3.63, 3.8) is 0 Å². The maximum absolute atomic E-state index is 12.2. The Morgan fingerprint density at radius 2 is 2.30 bits per heavy atom. The van der Waals surface area contributed by atoms with Gasteiger partial charge in [0.2, 0.25) is 0 Å². The quantitative estimate of drug-likeness (QED) is 0.591. The summed E-state index contributed by atoms with van der Waals surface area (Å²) in [6.45, 7) is -0.307. The van der Waals surface area contributed by atoms with Crippen LogP contribution in [0.3, 0.4) is 0 Å². The zero-order valence-electron chi connectivity index (χ0n) is 6.02. The van der Waals surface area contributed by atoms with Gasteiger partial charge in [0.25, 0.3) is 0 Å². The van der Waals surface area contributed by atoms with Gasteiger partial charge in [-0.1, -0.05) is 19.3 Å². The lowest BCUT2D eigenvalue weighted by Crippen LogP contribution is -2.23. The second-order valence-electron chi connectivity index (χ2n) is 2.97. The summed E-state index contributed by atoms with van der Waals surface area (Å²) in [5, 5.41) is 8.32. The van der Waals surface area contributed by atoms with Crippen LogP contribution in [0.5, 0.6) is 0 Å². The molecule has 0 amide bonds. The SMILES string of the molecule is N#CCC(CF)C1CCC1. The molecule has 56 valence electrons. The molecule has 0 aromatic carbocycles. The Hall–Kier alpha value is -0.580. The van der Waals surface area contributed by atoms with Crippen LogP contribution in [0, 0.1) is 23.2 Å². The van der Waals surface area contributed by atoms with E-state index in [9.17, 15) is 4.39 Å². The molecule has 1 atom stereocenters. The standard InChI is InChI=1S/C8H12FN/c9-6-8(4-5-10)7-2-1-3-7/h7-8H,1-4,6H2. The van der Waals surface area contributed by atoms with Crippen LogP contribution in [-0.4, -0.2) is 6.67 Å². The smallest absolute Gasteiger partial charge is 0.0935 e. The lowest BCUT2D eigenvalue weighted by molar-refractivity contribution is 0.174. The molecular formula is C8H12FN.